The Morgan fingerprint density at radius 3 is 1.67 bits per heavy atom. The Morgan fingerprint density at radius 1 is 0.444 bits per heavy atom. The zero-order valence-corrected chi connectivity index (χ0v) is 31.6. The van der Waals surface area contributed by atoms with Gasteiger partial charge in [0.25, 0.3) is 0 Å². The normalized spacial score (nSPS) is 13.4. The molecule has 260 valence electrons. The summed E-state index contributed by atoms with van der Waals surface area (Å²) in [5, 5.41) is 8.04. The highest BCUT2D eigenvalue weighted by Gasteiger charge is 2.39. The predicted octanol–water partition coefficient (Wildman–Crippen LogP) is 15.0. The van der Waals surface area contributed by atoms with Crippen LogP contribution in [0.25, 0.3) is 65.7 Å². The van der Waals surface area contributed by atoms with Gasteiger partial charge in [0.1, 0.15) is 0 Å². The minimum atomic E-state index is -0.214. The molecule has 0 saturated carbocycles. The molecule has 1 aliphatic rings. The molecule has 0 amide bonds. The zero-order chi connectivity index (χ0) is 36.8. The largest absolute Gasteiger partial charge is 0.310 e. The third kappa shape index (κ3) is 4.92. The van der Waals surface area contributed by atoms with Crippen molar-refractivity contribution in [3.63, 3.8) is 0 Å². The molecule has 9 aromatic rings. The Hall–Kier alpha value is -6.18. The van der Waals surface area contributed by atoms with Gasteiger partial charge in [0, 0.05) is 22.5 Å². The van der Waals surface area contributed by atoms with Crippen molar-refractivity contribution >= 4 is 49.4 Å². The molecule has 0 spiro atoms. The minimum absolute atomic E-state index is 0.142. The first kappa shape index (κ1) is 32.5. The Labute approximate surface area is 318 Å². The van der Waals surface area contributed by atoms with E-state index in [0.29, 0.717) is 0 Å². The summed E-state index contributed by atoms with van der Waals surface area (Å²) in [4.78, 5) is 2.38. The third-order valence-electron chi connectivity index (χ3n) is 11.9. The summed E-state index contributed by atoms with van der Waals surface area (Å²) in [5.74, 6) is 0. The van der Waals surface area contributed by atoms with Crippen LogP contribution in [-0.4, -0.2) is 0 Å². The van der Waals surface area contributed by atoms with Crippen LogP contribution in [-0.2, 0) is 10.8 Å². The lowest BCUT2D eigenvalue weighted by Crippen LogP contribution is -2.17. The molecule has 0 atom stereocenters. The van der Waals surface area contributed by atoms with Crippen LogP contribution >= 0.6 is 0 Å². The van der Waals surface area contributed by atoms with Gasteiger partial charge < -0.3 is 4.90 Å². The maximum absolute atomic E-state index is 2.45. The smallest absolute Gasteiger partial charge is 0.0465 e. The molecule has 1 heteroatoms. The van der Waals surface area contributed by atoms with E-state index < -0.39 is 0 Å². The lowest BCUT2D eigenvalue weighted by Gasteiger charge is -2.28. The van der Waals surface area contributed by atoms with Crippen LogP contribution in [0.15, 0.2) is 170 Å². The van der Waals surface area contributed by atoms with Crippen molar-refractivity contribution in [1.82, 2.24) is 0 Å². The lowest BCUT2D eigenvalue weighted by molar-refractivity contribution is 0.590. The van der Waals surface area contributed by atoms with Crippen LogP contribution < -0.4 is 4.90 Å². The maximum Gasteiger partial charge on any atom is 0.0465 e. The number of benzene rings is 9. The molecular weight excluding hydrogens is 651 g/mol. The topological polar surface area (TPSA) is 3.24 Å². The molecule has 54 heavy (non-hydrogen) atoms. The molecule has 9 aromatic carbocycles. The van der Waals surface area contributed by atoms with Crippen molar-refractivity contribution < 1.29 is 0 Å². The molecule has 0 unspecified atom stereocenters. The van der Waals surface area contributed by atoms with Crippen molar-refractivity contribution in [2.45, 2.75) is 45.4 Å². The van der Waals surface area contributed by atoms with Gasteiger partial charge in [-0.1, -0.05) is 162 Å². The summed E-state index contributed by atoms with van der Waals surface area (Å²) >= 11 is 0. The van der Waals surface area contributed by atoms with Crippen molar-refractivity contribution in [2.24, 2.45) is 0 Å². The van der Waals surface area contributed by atoms with Crippen LogP contribution in [0.5, 0.6) is 0 Å². The maximum atomic E-state index is 2.45. The Bertz CT molecular complexity index is 2800. The summed E-state index contributed by atoms with van der Waals surface area (Å²) in [6.45, 7) is 11.7. The van der Waals surface area contributed by atoms with Gasteiger partial charge in [0.05, 0.1) is 0 Å². The van der Waals surface area contributed by atoms with Crippen LogP contribution in [0.2, 0.25) is 0 Å². The highest BCUT2D eigenvalue weighted by Crippen LogP contribution is 2.57. The molecule has 0 radical (unpaired) electrons. The van der Waals surface area contributed by atoms with E-state index >= 15 is 0 Å². The second kappa shape index (κ2) is 11.9. The fourth-order valence-electron chi connectivity index (χ4n) is 9.25. The first-order chi connectivity index (χ1) is 26.2. The molecule has 0 heterocycles. The number of hydrogen-bond donors (Lipinski definition) is 0. The molecule has 0 aromatic heterocycles. The SMILES string of the molecule is CC(C)(C)c1ccc(-c2ccc(-c3cc4cccc5c6c(c7cccc3c7c45)C(C)(C)c3cc(N(c4ccccc4)c4ccccc4)ccc3-6)cc2)cc1. The lowest BCUT2D eigenvalue weighted by atomic mass is 9.77. The van der Waals surface area contributed by atoms with Gasteiger partial charge in [-0.05, 0) is 130 Å². The predicted molar refractivity (Wildman–Crippen MR) is 232 cm³/mol. The molecule has 1 aliphatic carbocycles. The third-order valence-corrected chi connectivity index (χ3v) is 11.9. The summed E-state index contributed by atoms with van der Waals surface area (Å²) in [6, 6.07) is 63.1. The second-order valence-corrected chi connectivity index (χ2v) is 16.6. The van der Waals surface area contributed by atoms with Crippen LogP contribution in [0.4, 0.5) is 17.1 Å². The van der Waals surface area contributed by atoms with E-state index in [1.54, 1.807) is 0 Å². The van der Waals surface area contributed by atoms with E-state index in [4.69, 9.17) is 0 Å². The van der Waals surface area contributed by atoms with Gasteiger partial charge >= 0.3 is 0 Å². The monoisotopic (exact) mass is 693 g/mol. The number of anilines is 3. The number of para-hydroxylation sites is 2. The number of rotatable bonds is 5. The molecule has 1 nitrogen and oxygen atoms in total. The second-order valence-electron chi connectivity index (χ2n) is 16.6. The molecule has 10 rings (SSSR count). The van der Waals surface area contributed by atoms with Crippen molar-refractivity contribution in [3.8, 4) is 33.4 Å². The summed E-state index contributed by atoms with van der Waals surface area (Å²) < 4.78 is 0. The Morgan fingerprint density at radius 2 is 1.02 bits per heavy atom. The van der Waals surface area contributed by atoms with E-state index in [1.807, 2.05) is 0 Å². The summed E-state index contributed by atoms with van der Waals surface area (Å²) in [5.41, 5.74) is 15.3. The molecule has 0 N–H and O–H groups in total. The van der Waals surface area contributed by atoms with E-state index in [2.05, 4.69) is 209 Å². The standard InChI is InChI=1S/C53H43N/c1-52(2,3)38-28-26-35(27-29-38)34-22-24-36(25-23-34)46-32-37-14-12-20-44-48(37)49-42(46)19-13-21-45(49)51-50(44)43-31-30-41(33-47(43)53(51,4)5)54(39-15-8-6-9-16-39)40-17-10-7-11-18-40/h6-33H,1-5H3. The average molecular weight is 694 g/mol. The number of nitrogens with zero attached hydrogens (tertiary/aromatic N) is 1. The molecule has 0 bridgehead atoms. The minimum Gasteiger partial charge on any atom is -0.310 e. The van der Waals surface area contributed by atoms with Gasteiger partial charge in [-0.3, -0.25) is 0 Å². The van der Waals surface area contributed by atoms with E-state index in [1.165, 1.54) is 88.1 Å². The molecule has 0 fully saturated rings. The van der Waals surface area contributed by atoms with E-state index in [9.17, 15) is 0 Å². The fraction of sp³-hybridized carbons (Fsp3) is 0.132. The highest BCUT2D eigenvalue weighted by atomic mass is 15.1. The van der Waals surface area contributed by atoms with Crippen molar-refractivity contribution in [3.05, 3.63) is 187 Å². The van der Waals surface area contributed by atoms with Crippen molar-refractivity contribution in [1.29, 1.82) is 0 Å². The Kier molecular flexibility index (Phi) is 7.17. The van der Waals surface area contributed by atoms with E-state index in [-0.39, 0.29) is 10.8 Å². The van der Waals surface area contributed by atoms with Gasteiger partial charge in [0.15, 0.2) is 0 Å². The molecule has 0 aliphatic heterocycles. The first-order valence-corrected chi connectivity index (χ1v) is 19.2. The van der Waals surface area contributed by atoms with Gasteiger partial charge in [-0.25, -0.2) is 0 Å². The first-order valence-electron chi connectivity index (χ1n) is 19.2. The van der Waals surface area contributed by atoms with Gasteiger partial charge in [-0.2, -0.15) is 0 Å². The van der Waals surface area contributed by atoms with Crippen LogP contribution in [0, 0.1) is 0 Å². The van der Waals surface area contributed by atoms with Gasteiger partial charge in [-0.15, -0.1) is 0 Å². The zero-order valence-electron chi connectivity index (χ0n) is 31.6. The fourth-order valence-corrected chi connectivity index (χ4v) is 9.25. The highest BCUT2D eigenvalue weighted by molar-refractivity contribution is 6.31. The molecular formula is C53H43N. The van der Waals surface area contributed by atoms with E-state index in [0.717, 1.165) is 11.4 Å². The number of fused-ring (bicyclic) bond motifs is 5. The summed E-state index contributed by atoms with van der Waals surface area (Å²) in [7, 11) is 0. The molecule has 0 saturated heterocycles. The van der Waals surface area contributed by atoms with Gasteiger partial charge in [0.2, 0.25) is 0 Å². The average Bonchev–Trinajstić information content (AvgIpc) is 3.44. The Balaban J connectivity index is 1.14. The summed E-state index contributed by atoms with van der Waals surface area (Å²) in [6.07, 6.45) is 0. The van der Waals surface area contributed by atoms with Crippen LogP contribution in [0.3, 0.4) is 0 Å². The van der Waals surface area contributed by atoms with Crippen LogP contribution in [0.1, 0.15) is 51.3 Å². The number of hydrogen-bond acceptors (Lipinski definition) is 1. The quantitative estimate of drug-likeness (QED) is 0.162. The van der Waals surface area contributed by atoms with Crippen molar-refractivity contribution in [2.75, 3.05) is 4.90 Å².